The second-order valence-corrected chi connectivity index (χ2v) is 11.1. The molecule has 192 valence electrons. The fraction of sp³-hybridized carbons (Fsp3) is 0.652. The molecule has 2 heterocycles. The summed E-state index contributed by atoms with van der Waals surface area (Å²) in [6.45, 7) is 3.69. The molecule has 0 aromatic carbocycles. The van der Waals surface area contributed by atoms with Gasteiger partial charge in [-0.15, -0.1) is 0 Å². The number of carbonyl (C=O) groups is 2. The number of nitrogens with zero attached hydrogens (tertiary/aromatic N) is 3. The molecule has 9 nitrogen and oxygen atoms in total. The number of hydrogen-bond donors (Lipinski definition) is 1. The van der Waals surface area contributed by atoms with Gasteiger partial charge in [0.25, 0.3) is 6.43 Å². The third-order valence-electron chi connectivity index (χ3n) is 6.59. The molecule has 1 amide bonds. The third kappa shape index (κ3) is 6.66. The number of amides is 1. The van der Waals surface area contributed by atoms with Gasteiger partial charge in [0.15, 0.2) is 0 Å². The Hall–Kier alpha value is -2.81. The molecule has 3 rings (SSSR count). The Balaban J connectivity index is 1.61. The molecule has 1 aromatic heterocycles. The minimum atomic E-state index is -3.79. The standard InChI is InChI=1S/C23H30F2N4O5S/c1-3-34-23(31)18-10-16(11-26)21(27-19(18)20(24)25)29-12-17(13-29)22(30)28-35(32,33)9-8-15-6-4-14(2)5-7-15/h10,14-15,17,20H,3-9,12-13H2,1-2H3,(H,28,30). The number of alkyl halides is 2. The first-order valence-electron chi connectivity index (χ1n) is 11.7. The number of nitrogens with one attached hydrogen (secondary N) is 1. The normalized spacial score (nSPS) is 20.7. The summed E-state index contributed by atoms with van der Waals surface area (Å²) in [7, 11) is -3.79. The number of pyridine rings is 1. The Morgan fingerprint density at radius 2 is 1.94 bits per heavy atom. The largest absolute Gasteiger partial charge is 0.462 e. The molecule has 1 N–H and O–H groups in total. The van der Waals surface area contributed by atoms with E-state index in [2.05, 4.69) is 16.6 Å². The molecule has 2 aliphatic rings. The van der Waals surface area contributed by atoms with Crippen LogP contribution in [0.15, 0.2) is 6.07 Å². The number of carbonyl (C=O) groups excluding carboxylic acids is 2. The predicted octanol–water partition coefficient (Wildman–Crippen LogP) is 3.17. The van der Waals surface area contributed by atoms with Crippen LogP contribution < -0.4 is 9.62 Å². The summed E-state index contributed by atoms with van der Waals surface area (Å²) in [6.07, 6.45) is 1.57. The van der Waals surface area contributed by atoms with Crippen molar-refractivity contribution in [1.29, 1.82) is 5.26 Å². The highest BCUT2D eigenvalue weighted by molar-refractivity contribution is 7.90. The number of ether oxygens (including phenoxy) is 1. The van der Waals surface area contributed by atoms with Crippen molar-refractivity contribution in [3.8, 4) is 6.07 Å². The molecule has 12 heteroatoms. The van der Waals surface area contributed by atoms with E-state index in [-0.39, 0.29) is 36.8 Å². The Morgan fingerprint density at radius 3 is 2.51 bits per heavy atom. The minimum absolute atomic E-state index is 0.00494. The van der Waals surface area contributed by atoms with Crippen LogP contribution in [0.3, 0.4) is 0 Å². The van der Waals surface area contributed by atoms with Crippen molar-refractivity contribution in [2.24, 2.45) is 17.8 Å². The van der Waals surface area contributed by atoms with Crippen LogP contribution in [0.4, 0.5) is 14.6 Å². The van der Waals surface area contributed by atoms with Crippen LogP contribution in [0.1, 0.15) is 74.0 Å². The van der Waals surface area contributed by atoms with Gasteiger partial charge in [0.2, 0.25) is 15.9 Å². The maximum absolute atomic E-state index is 13.5. The van der Waals surface area contributed by atoms with E-state index in [4.69, 9.17) is 4.74 Å². The number of hydrogen-bond acceptors (Lipinski definition) is 8. The van der Waals surface area contributed by atoms with E-state index in [1.165, 1.54) is 11.8 Å². The number of nitriles is 1. The van der Waals surface area contributed by atoms with E-state index in [9.17, 15) is 32.0 Å². The molecule has 1 saturated carbocycles. The molecule has 35 heavy (non-hydrogen) atoms. The number of aromatic nitrogens is 1. The van der Waals surface area contributed by atoms with E-state index >= 15 is 0 Å². The van der Waals surface area contributed by atoms with Crippen molar-refractivity contribution in [1.82, 2.24) is 9.71 Å². The monoisotopic (exact) mass is 512 g/mol. The van der Waals surface area contributed by atoms with Crippen molar-refractivity contribution in [2.45, 2.75) is 52.4 Å². The Morgan fingerprint density at radius 1 is 1.29 bits per heavy atom. The second-order valence-electron chi connectivity index (χ2n) is 9.23. The fourth-order valence-corrected chi connectivity index (χ4v) is 5.64. The van der Waals surface area contributed by atoms with Crippen LogP contribution in [0.5, 0.6) is 0 Å². The molecule has 1 aliphatic carbocycles. The number of sulfonamides is 1. The van der Waals surface area contributed by atoms with E-state index in [0.29, 0.717) is 18.3 Å². The first kappa shape index (κ1) is 26.8. The zero-order chi connectivity index (χ0) is 25.8. The van der Waals surface area contributed by atoms with Gasteiger partial charge >= 0.3 is 5.97 Å². The average molecular weight is 513 g/mol. The van der Waals surface area contributed by atoms with Crippen molar-refractivity contribution in [3.63, 3.8) is 0 Å². The Kier molecular flexibility index (Phi) is 8.64. The first-order valence-corrected chi connectivity index (χ1v) is 13.4. The number of anilines is 1. The number of halogens is 2. The maximum atomic E-state index is 13.5. The van der Waals surface area contributed by atoms with Gasteiger partial charge in [0.1, 0.15) is 17.6 Å². The molecule has 0 radical (unpaired) electrons. The summed E-state index contributed by atoms with van der Waals surface area (Å²) in [5.41, 5.74) is -1.42. The van der Waals surface area contributed by atoms with Crippen molar-refractivity contribution in [2.75, 3.05) is 30.3 Å². The van der Waals surface area contributed by atoms with Gasteiger partial charge < -0.3 is 9.64 Å². The second kappa shape index (κ2) is 11.3. The van der Waals surface area contributed by atoms with Crippen LogP contribution in [0, 0.1) is 29.1 Å². The highest BCUT2D eigenvalue weighted by atomic mass is 32.2. The summed E-state index contributed by atoms with van der Waals surface area (Å²) in [4.78, 5) is 29.7. The summed E-state index contributed by atoms with van der Waals surface area (Å²) in [5, 5.41) is 9.45. The fourth-order valence-electron chi connectivity index (χ4n) is 4.42. The van der Waals surface area contributed by atoms with E-state index in [1.54, 1.807) is 0 Å². The quantitative estimate of drug-likeness (QED) is 0.500. The smallest absolute Gasteiger partial charge is 0.340 e. The SMILES string of the molecule is CCOC(=O)c1cc(C#N)c(N2CC(C(=O)NS(=O)(=O)CCC3CCC(C)CC3)C2)nc1C(F)F. The minimum Gasteiger partial charge on any atom is -0.462 e. The van der Waals surface area contributed by atoms with Crippen molar-refractivity contribution in [3.05, 3.63) is 22.9 Å². The van der Waals surface area contributed by atoms with Gasteiger partial charge in [-0.2, -0.15) is 5.26 Å². The molecule has 0 atom stereocenters. The lowest BCUT2D eigenvalue weighted by Crippen LogP contribution is -2.55. The highest BCUT2D eigenvalue weighted by Crippen LogP contribution is 2.32. The predicted molar refractivity (Wildman–Crippen MR) is 123 cm³/mol. The number of rotatable bonds is 9. The van der Waals surface area contributed by atoms with E-state index in [0.717, 1.165) is 31.7 Å². The van der Waals surface area contributed by atoms with Crippen LogP contribution in [-0.4, -0.2) is 50.7 Å². The van der Waals surface area contributed by atoms with Gasteiger partial charge in [0, 0.05) is 13.1 Å². The molecule has 0 spiro atoms. The molecule has 1 aliphatic heterocycles. The van der Waals surface area contributed by atoms with Crippen LogP contribution in [0.2, 0.25) is 0 Å². The molecule has 1 saturated heterocycles. The first-order chi connectivity index (χ1) is 16.5. The summed E-state index contributed by atoms with van der Waals surface area (Å²) < 4.78 is 58.8. The lowest BCUT2D eigenvalue weighted by atomic mass is 9.82. The topological polar surface area (TPSA) is 129 Å². The molecular weight excluding hydrogens is 482 g/mol. The lowest BCUT2D eigenvalue weighted by Gasteiger charge is -2.39. The van der Waals surface area contributed by atoms with Crippen LogP contribution >= 0.6 is 0 Å². The van der Waals surface area contributed by atoms with Crippen LogP contribution in [-0.2, 0) is 19.6 Å². The van der Waals surface area contributed by atoms with Gasteiger partial charge in [-0.1, -0.05) is 32.6 Å². The van der Waals surface area contributed by atoms with Crippen molar-refractivity contribution < 1.29 is 31.5 Å². The Bertz CT molecular complexity index is 1090. The summed E-state index contributed by atoms with van der Waals surface area (Å²) in [6, 6.07) is 2.83. The van der Waals surface area contributed by atoms with Gasteiger partial charge in [-0.25, -0.2) is 27.0 Å². The summed E-state index contributed by atoms with van der Waals surface area (Å²) >= 11 is 0. The molecule has 2 fully saturated rings. The van der Waals surface area contributed by atoms with Gasteiger partial charge in [0.05, 0.1) is 29.4 Å². The lowest BCUT2D eigenvalue weighted by molar-refractivity contribution is -0.123. The summed E-state index contributed by atoms with van der Waals surface area (Å²) in [5.74, 6) is -1.59. The zero-order valence-corrected chi connectivity index (χ0v) is 20.6. The van der Waals surface area contributed by atoms with E-state index < -0.39 is 45.5 Å². The third-order valence-corrected chi connectivity index (χ3v) is 7.88. The molecule has 0 bridgehead atoms. The van der Waals surface area contributed by atoms with Gasteiger partial charge in [-0.3, -0.25) is 9.52 Å². The highest BCUT2D eigenvalue weighted by Gasteiger charge is 2.37. The number of esters is 1. The Labute approximate surface area is 203 Å². The average Bonchev–Trinajstić information content (AvgIpc) is 2.77. The van der Waals surface area contributed by atoms with Crippen molar-refractivity contribution >= 4 is 27.7 Å². The molecular formula is C23H30F2N4O5S. The van der Waals surface area contributed by atoms with E-state index in [1.807, 2.05) is 6.07 Å². The maximum Gasteiger partial charge on any atom is 0.340 e. The molecule has 1 aromatic rings. The van der Waals surface area contributed by atoms with Crippen LogP contribution in [0.25, 0.3) is 0 Å². The van der Waals surface area contributed by atoms with Gasteiger partial charge in [-0.05, 0) is 31.2 Å². The zero-order valence-electron chi connectivity index (χ0n) is 19.8. The molecule has 0 unspecified atom stereocenters.